The fraction of sp³-hybridized carbons (Fsp3) is 0.588. The number of nitrogens with zero attached hydrogens (tertiary/aromatic N) is 2. The Labute approximate surface area is 156 Å². The van der Waals surface area contributed by atoms with Gasteiger partial charge < -0.3 is 15.5 Å². The van der Waals surface area contributed by atoms with Gasteiger partial charge in [-0.2, -0.15) is 0 Å². The van der Waals surface area contributed by atoms with Gasteiger partial charge in [0.15, 0.2) is 5.96 Å². The summed E-state index contributed by atoms with van der Waals surface area (Å²) in [7, 11) is 3.88. The second kappa shape index (κ2) is 9.42. The Kier molecular flexibility index (Phi) is 8.25. The maximum absolute atomic E-state index is 13.8. The summed E-state index contributed by atoms with van der Waals surface area (Å²) in [6.07, 6.45) is 1.20. The molecule has 0 aliphatic heterocycles. The van der Waals surface area contributed by atoms with Gasteiger partial charge in [0.05, 0.1) is 6.54 Å². The molecule has 0 amide bonds. The summed E-state index contributed by atoms with van der Waals surface area (Å²) in [5.74, 6) is 1.41. The molecule has 0 spiro atoms. The van der Waals surface area contributed by atoms with E-state index in [0.29, 0.717) is 24.7 Å². The van der Waals surface area contributed by atoms with Crippen molar-refractivity contribution in [3.8, 4) is 0 Å². The van der Waals surface area contributed by atoms with E-state index < -0.39 is 0 Å². The predicted molar refractivity (Wildman–Crippen MR) is 105 cm³/mol. The number of aliphatic imine (C=N–C) groups is 1. The number of nitrogens with one attached hydrogen (secondary N) is 2. The lowest BCUT2D eigenvalue weighted by atomic mass is 10.1. The summed E-state index contributed by atoms with van der Waals surface area (Å²) < 4.78 is 13.8. The molecule has 0 aromatic heterocycles. The summed E-state index contributed by atoms with van der Waals surface area (Å²) in [4.78, 5) is 6.57. The number of hydrogen-bond acceptors (Lipinski definition) is 2. The third kappa shape index (κ3) is 6.63. The molecular weight excluding hydrogens is 406 g/mol. The average Bonchev–Trinajstić information content (AvgIpc) is 3.14. The standard InChI is InChI=1S/C17H27FN4.HI/c1-5-19-17(21-16-8-12(16)2)20-10-13-6-7-15(18)14(9-13)11-22(3)4;/h6-7,9,12,16H,5,8,10-11H2,1-4H3,(H2,19,20,21);1H. The third-order valence-corrected chi connectivity index (χ3v) is 3.79. The van der Waals surface area contributed by atoms with Crippen LogP contribution in [0.4, 0.5) is 4.39 Å². The largest absolute Gasteiger partial charge is 0.357 e. The van der Waals surface area contributed by atoms with Gasteiger partial charge >= 0.3 is 0 Å². The quantitative estimate of drug-likeness (QED) is 0.411. The van der Waals surface area contributed by atoms with Crippen LogP contribution in [0.5, 0.6) is 0 Å². The van der Waals surface area contributed by atoms with E-state index >= 15 is 0 Å². The molecule has 1 fully saturated rings. The van der Waals surface area contributed by atoms with Crippen LogP contribution in [0.1, 0.15) is 31.4 Å². The van der Waals surface area contributed by atoms with E-state index in [4.69, 9.17) is 0 Å². The normalized spacial score (nSPS) is 20.2. The van der Waals surface area contributed by atoms with E-state index in [1.54, 1.807) is 6.07 Å². The molecule has 4 nitrogen and oxygen atoms in total. The average molecular weight is 434 g/mol. The highest BCUT2D eigenvalue weighted by Gasteiger charge is 2.33. The molecule has 1 saturated carbocycles. The van der Waals surface area contributed by atoms with E-state index in [1.165, 1.54) is 12.5 Å². The van der Waals surface area contributed by atoms with Crippen LogP contribution in [-0.4, -0.2) is 37.5 Å². The second-order valence-electron chi connectivity index (χ2n) is 6.32. The molecule has 0 saturated heterocycles. The van der Waals surface area contributed by atoms with Crippen molar-refractivity contribution in [3.05, 3.63) is 35.1 Å². The first-order valence-corrected chi connectivity index (χ1v) is 7.96. The molecule has 0 radical (unpaired) electrons. The molecule has 0 heterocycles. The summed E-state index contributed by atoms with van der Waals surface area (Å²) in [5, 5.41) is 6.69. The maximum Gasteiger partial charge on any atom is 0.191 e. The summed E-state index contributed by atoms with van der Waals surface area (Å²) in [6.45, 7) is 6.27. The Bertz CT molecular complexity index is 533. The molecule has 1 aromatic carbocycles. The minimum atomic E-state index is -0.154. The van der Waals surface area contributed by atoms with Crippen LogP contribution >= 0.6 is 24.0 Å². The fourth-order valence-corrected chi connectivity index (χ4v) is 2.38. The maximum atomic E-state index is 13.8. The highest BCUT2D eigenvalue weighted by atomic mass is 127. The van der Waals surface area contributed by atoms with E-state index in [2.05, 4.69) is 29.5 Å². The van der Waals surface area contributed by atoms with Crippen molar-refractivity contribution < 1.29 is 4.39 Å². The molecule has 1 aromatic rings. The van der Waals surface area contributed by atoms with Crippen LogP contribution in [0.2, 0.25) is 0 Å². The molecule has 23 heavy (non-hydrogen) atoms. The number of guanidine groups is 1. The van der Waals surface area contributed by atoms with Gasteiger partial charge in [-0.15, -0.1) is 24.0 Å². The molecule has 2 N–H and O–H groups in total. The van der Waals surface area contributed by atoms with Crippen molar-refractivity contribution >= 4 is 29.9 Å². The predicted octanol–water partition coefficient (Wildman–Crippen LogP) is 2.97. The van der Waals surface area contributed by atoms with Gasteiger partial charge in [0.25, 0.3) is 0 Å². The van der Waals surface area contributed by atoms with Crippen molar-refractivity contribution in [1.29, 1.82) is 0 Å². The first-order valence-electron chi connectivity index (χ1n) is 7.96. The van der Waals surface area contributed by atoms with E-state index in [-0.39, 0.29) is 29.8 Å². The minimum absolute atomic E-state index is 0. The van der Waals surface area contributed by atoms with Crippen LogP contribution in [0.25, 0.3) is 0 Å². The van der Waals surface area contributed by atoms with Crippen LogP contribution in [0.3, 0.4) is 0 Å². The van der Waals surface area contributed by atoms with E-state index in [9.17, 15) is 4.39 Å². The Morgan fingerprint density at radius 2 is 2.09 bits per heavy atom. The summed E-state index contributed by atoms with van der Waals surface area (Å²) in [5.41, 5.74) is 1.74. The highest BCUT2D eigenvalue weighted by molar-refractivity contribution is 14.0. The Balaban J connectivity index is 0.00000264. The molecule has 130 valence electrons. The molecule has 1 aliphatic rings. The van der Waals surface area contributed by atoms with Crippen molar-refractivity contribution in [3.63, 3.8) is 0 Å². The van der Waals surface area contributed by atoms with Crippen LogP contribution in [0, 0.1) is 11.7 Å². The van der Waals surface area contributed by atoms with Gasteiger partial charge in [0.1, 0.15) is 5.82 Å². The molecule has 1 aliphatic carbocycles. The van der Waals surface area contributed by atoms with Crippen LogP contribution < -0.4 is 10.6 Å². The smallest absolute Gasteiger partial charge is 0.191 e. The van der Waals surface area contributed by atoms with Gasteiger partial charge in [-0.25, -0.2) is 9.38 Å². The van der Waals surface area contributed by atoms with Crippen molar-refractivity contribution in [2.24, 2.45) is 10.9 Å². The van der Waals surface area contributed by atoms with Gasteiger partial charge in [-0.05, 0) is 51.1 Å². The monoisotopic (exact) mass is 434 g/mol. The zero-order valence-electron chi connectivity index (χ0n) is 14.4. The lowest BCUT2D eigenvalue weighted by molar-refractivity contribution is 0.392. The Hall–Kier alpha value is -0.890. The third-order valence-electron chi connectivity index (χ3n) is 3.79. The number of hydrogen-bond donors (Lipinski definition) is 2. The second-order valence-corrected chi connectivity index (χ2v) is 6.32. The SMILES string of the molecule is CCNC(=NCc1ccc(F)c(CN(C)C)c1)NC1CC1C.I. The first-order chi connectivity index (χ1) is 10.5. The zero-order chi connectivity index (χ0) is 16.1. The van der Waals surface area contributed by atoms with Gasteiger partial charge in [0.2, 0.25) is 0 Å². The molecule has 0 bridgehead atoms. The molecule has 2 unspecified atom stereocenters. The lowest BCUT2D eigenvalue weighted by Gasteiger charge is -2.13. The molecule has 6 heteroatoms. The molecular formula is C17H28FIN4. The van der Waals surface area contributed by atoms with Crippen LogP contribution in [-0.2, 0) is 13.1 Å². The minimum Gasteiger partial charge on any atom is -0.357 e. The lowest BCUT2D eigenvalue weighted by Crippen LogP contribution is -2.39. The summed E-state index contributed by atoms with van der Waals surface area (Å²) in [6, 6.07) is 5.78. The molecule has 2 rings (SSSR count). The van der Waals surface area contributed by atoms with E-state index in [0.717, 1.165) is 24.0 Å². The number of halogens is 2. The Morgan fingerprint density at radius 1 is 1.39 bits per heavy atom. The molecule has 2 atom stereocenters. The summed E-state index contributed by atoms with van der Waals surface area (Å²) >= 11 is 0. The number of rotatable bonds is 6. The fourth-order valence-electron chi connectivity index (χ4n) is 2.38. The van der Waals surface area contributed by atoms with Gasteiger partial charge in [-0.3, -0.25) is 0 Å². The zero-order valence-corrected chi connectivity index (χ0v) is 16.7. The van der Waals surface area contributed by atoms with Crippen molar-refractivity contribution in [2.45, 2.75) is 39.4 Å². The van der Waals surface area contributed by atoms with Crippen molar-refractivity contribution in [2.75, 3.05) is 20.6 Å². The highest BCUT2D eigenvalue weighted by Crippen LogP contribution is 2.28. The van der Waals surface area contributed by atoms with Gasteiger partial charge in [0, 0.05) is 24.7 Å². The van der Waals surface area contributed by atoms with Crippen LogP contribution in [0.15, 0.2) is 23.2 Å². The van der Waals surface area contributed by atoms with Crippen molar-refractivity contribution in [1.82, 2.24) is 15.5 Å². The van der Waals surface area contributed by atoms with Gasteiger partial charge in [-0.1, -0.05) is 13.0 Å². The Morgan fingerprint density at radius 3 is 2.65 bits per heavy atom. The van der Waals surface area contributed by atoms with E-state index in [1.807, 2.05) is 25.1 Å². The number of benzene rings is 1. The first kappa shape index (κ1) is 20.2. The topological polar surface area (TPSA) is 39.7 Å².